The van der Waals surface area contributed by atoms with Gasteiger partial charge in [0.2, 0.25) is 10.0 Å². The highest BCUT2D eigenvalue weighted by Gasteiger charge is 2.17. The lowest BCUT2D eigenvalue weighted by molar-refractivity contribution is -0.389. The van der Waals surface area contributed by atoms with Crippen molar-refractivity contribution in [2.75, 3.05) is 0 Å². The molecule has 2 rings (SSSR count). The number of hydrogen-bond donors (Lipinski definition) is 1. The molecule has 2 aromatic rings. The van der Waals surface area contributed by atoms with Gasteiger partial charge in [-0.2, -0.15) is 0 Å². The summed E-state index contributed by atoms with van der Waals surface area (Å²) >= 11 is 3.30. The molecule has 1 aromatic carbocycles. The molecule has 21 heavy (non-hydrogen) atoms. The predicted octanol–water partition coefficient (Wildman–Crippen LogP) is 2.23. The van der Waals surface area contributed by atoms with Crippen LogP contribution in [0.1, 0.15) is 5.56 Å². The van der Waals surface area contributed by atoms with Crippen molar-refractivity contribution in [2.24, 2.45) is 0 Å². The first kappa shape index (κ1) is 15.5. The zero-order chi connectivity index (χ0) is 15.5. The minimum atomic E-state index is -3.76. The van der Waals surface area contributed by atoms with Crippen molar-refractivity contribution in [3.63, 3.8) is 0 Å². The zero-order valence-corrected chi connectivity index (χ0v) is 13.0. The Hall–Kier alpha value is -1.84. The topological polar surface area (TPSA) is 102 Å². The highest BCUT2D eigenvalue weighted by molar-refractivity contribution is 9.10. The molecule has 0 spiro atoms. The molecule has 9 heteroatoms. The number of nitrogens with one attached hydrogen (secondary N) is 1. The molecule has 0 bridgehead atoms. The van der Waals surface area contributed by atoms with Crippen molar-refractivity contribution >= 4 is 31.8 Å². The van der Waals surface area contributed by atoms with Gasteiger partial charge in [0, 0.05) is 17.1 Å². The van der Waals surface area contributed by atoms with Crippen molar-refractivity contribution in [1.29, 1.82) is 0 Å². The molecule has 7 nitrogen and oxygen atoms in total. The van der Waals surface area contributed by atoms with Crippen molar-refractivity contribution < 1.29 is 13.3 Å². The second-order valence-corrected chi connectivity index (χ2v) is 6.75. The van der Waals surface area contributed by atoms with Crippen molar-refractivity contribution in [3.05, 3.63) is 62.7 Å². The maximum absolute atomic E-state index is 12.0. The summed E-state index contributed by atoms with van der Waals surface area (Å²) in [4.78, 5) is 13.2. The summed E-state index contributed by atoms with van der Waals surface area (Å²) < 4.78 is 27.3. The van der Waals surface area contributed by atoms with Crippen LogP contribution in [0, 0.1) is 10.1 Å². The molecule has 0 fully saturated rings. The third-order valence-corrected chi connectivity index (χ3v) is 4.45. The predicted molar refractivity (Wildman–Crippen MR) is 79.1 cm³/mol. The van der Waals surface area contributed by atoms with Gasteiger partial charge in [-0.3, -0.25) is 0 Å². The molecule has 1 N–H and O–H groups in total. The average Bonchev–Trinajstić information content (AvgIpc) is 2.45. The smallest absolute Gasteiger partial charge is 0.358 e. The molecular weight excluding hydrogens is 362 g/mol. The lowest BCUT2D eigenvalue weighted by Gasteiger charge is -2.06. The number of halogens is 1. The van der Waals surface area contributed by atoms with E-state index in [1.54, 1.807) is 18.2 Å². The van der Waals surface area contributed by atoms with Gasteiger partial charge < -0.3 is 10.1 Å². The lowest BCUT2D eigenvalue weighted by atomic mass is 10.2. The Morgan fingerprint density at radius 3 is 2.62 bits per heavy atom. The van der Waals surface area contributed by atoms with E-state index < -0.39 is 20.8 Å². The second kappa shape index (κ2) is 6.29. The first-order valence-corrected chi connectivity index (χ1v) is 8.01. The normalized spacial score (nSPS) is 11.3. The van der Waals surface area contributed by atoms with E-state index in [0.29, 0.717) is 0 Å². The molecule has 0 amide bonds. The number of benzene rings is 1. The number of rotatable bonds is 5. The molecular formula is C12H10BrN3O4S. The molecule has 0 saturated carbocycles. The Bertz CT molecular complexity index is 762. The minimum Gasteiger partial charge on any atom is -0.358 e. The maximum atomic E-state index is 12.0. The number of nitrogens with zero attached hydrogens (tertiary/aromatic N) is 2. The van der Waals surface area contributed by atoms with Crippen LogP contribution < -0.4 is 4.72 Å². The molecule has 1 heterocycles. The van der Waals surface area contributed by atoms with E-state index in [1.165, 1.54) is 0 Å². The van der Waals surface area contributed by atoms with Crippen molar-refractivity contribution in [3.8, 4) is 0 Å². The van der Waals surface area contributed by atoms with E-state index >= 15 is 0 Å². The Morgan fingerprint density at radius 1 is 1.29 bits per heavy atom. The van der Waals surface area contributed by atoms with E-state index in [9.17, 15) is 18.5 Å². The average molecular weight is 372 g/mol. The van der Waals surface area contributed by atoms with E-state index in [-0.39, 0.29) is 11.4 Å². The van der Waals surface area contributed by atoms with Gasteiger partial charge in [0.25, 0.3) is 0 Å². The van der Waals surface area contributed by atoms with E-state index in [4.69, 9.17) is 0 Å². The molecule has 0 aliphatic heterocycles. The summed E-state index contributed by atoms with van der Waals surface area (Å²) in [5.41, 5.74) is 0.780. The third-order valence-electron chi connectivity index (χ3n) is 2.57. The Balaban J connectivity index is 2.13. The van der Waals surface area contributed by atoms with Crippen LogP contribution in [-0.4, -0.2) is 18.3 Å². The number of pyridine rings is 1. The van der Waals surface area contributed by atoms with Crippen LogP contribution >= 0.6 is 15.9 Å². The van der Waals surface area contributed by atoms with Crippen LogP contribution in [0.5, 0.6) is 0 Å². The SMILES string of the molecule is O=[N+]([O-])c1ccc(S(=O)(=O)NCc2cccc(Br)c2)cn1. The highest BCUT2D eigenvalue weighted by atomic mass is 79.9. The maximum Gasteiger partial charge on any atom is 0.363 e. The van der Waals surface area contributed by atoms with Gasteiger partial charge in [0.05, 0.1) is 0 Å². The fourth-order valence-electron chi connectivity index (χ4n) is 1.55. The van der Waals surface area contributed by atoms with Crippen molar-refractivity contribution in [2.45, 2.75) is 11.4 Å². The van der Waals surface area contributed by atoms with Gasteiger partial charge in [-0.25, -0.2) is 13.1 Å². The molecule has 1 aromatic heterocycles. The first-order chi connectivity index (χ1) is 9.88. The molecule has 0 aliphatic carbocycles. The van der Waals surface area contributed by atoms with Gasteiger partial charge in [-0.05, 0) is 33.7 Å². The second-order valence-electron chi connectivity index (χ2n) is 4.06. The molecule has 0 atom stereocenters. The Labute approximate surface area is 129 Å². The minimum absolute atomic E-state index is 0.110. The quantitative estimate of drug-likeness (QED) is 0.641. The Morgan fingerprint density at radius 2 is 2.05 bits per heavy atom. The standard InChI is InChI=1S/C12H10BrN3O4S/c13-10-3-1-2-9(6-10)7-15-21(19,20)11-4-5-12(14-8-11)16(17)18/h1-6,8,15H,7H2. The van der Waals surface area contributed by atoms with Crippen molar-refractivity contribution in [1.82, 2.24) is 9.71 Å². The number of hydrogen-bond acceptors (Lipinski definition) is 5. The molecule has 0 aliphatic rings. The molecule has 110 valence electrons. The summed E-state index contributed by atoms with van der Waals surface area (Å²) in [7, 11) is -3.76. The zero-order valence-electron chi connectivity index (χ0n) is 10.6. The van der Waals surface area contributed by atoms with Crippen LogP contribution in [0.25, 0.3) is 0 Å². The Kier molecular flexibility index (Phi) is 4.66. The number of aromatic nitrogens is 1. The number of sulfonamides is 1. The molecule has 0 radical (unpaired) electrons. The van der Waals surface area contributed by atoms with E-state index in [0.717, 1.165) is 28.4 Å². The van der Waals surface area contributed by atoms with Crippen LogP contribution in [-0.2, 0) is 16.6 Å². The van der Waals surface area contributed by atoms with E-state index in [1.807, 2.05) is 6.07 Å². The highest BCUT2D eigenvalue weighted by Crippen LogP contribution is 2.14. The third kappa shape index (κ3) is 4.06. The summed E-state index contributed by atoms with van der Waals surface area (Å²) in [5.74, 6) is -0.402. The van der Waals surface area contributed by atoms with Gasteiger partial charge in [-0.1, -0.05) is 28.1 Å². The fourth-order valence-corrected chi connectivity index (χ4v) is 2.96. The lowest BCUT2D eigenvalue weighted by Crippen LogP contribution is -2.23. The van der Waals surface area contributed by atoms with Gasteiger partial charge >= 0.3 is 5.82 Å². The largest absolute Gasteiger partial charge is 0.363 e. The van der Waals surface area contributed by atoms with Gasteiger partial charge in [-0.15, -0.1) is 0 Å². The summed E-state index contributed by atoms with van der Waals surface area (Å²) in [5, 5.41) is 10.5. The van der Waals surface area contributed by atoms with Crippen LogP contribution in [0.2, 0.25) is 0 Å². The summed E-state index contributed by atoms with van der Waals surface area (Å²) in [6, 6.07) is 9.39. The van der Waals surface area contributed by atoms with Crippen LogP contribution in [0.4, 0.5) is 5.82 Å². The van der Waals surface area contributed by atoms with Gasteiger partial charge in [0.1, 0.15) is 4.90 Å². The van der Waals surface area contributed by atoms with Crippen LogP contribution in [0.3, 0.4) is 0 Å². The van der Waals surface area contributed by atoms with Crippen LogP contribution in [0.15, 0.2) is 52.0 Å². The number of nitro groups is 1. The first-order valence-electron chi connectivity index (χ1n) is 5.73. The summed E-state index contributed by atoms with van der Waals surface area (Å²) in [6.45, 7) is 0.110. The summed E-state index contributed by atoms with van der Waals surface area (Å²) in [6.07, 6.45) is 0.960. The fraction of sp³-hybridized carbons (Fsp3) is 0.0833. The van der Waals surface area contributed by atoms with Gasteiger partial charge in [0.15, 0.2) is 6.20 Å². The monoisotopic (exact) mass is 371 g/mol. The molecule has 0 unspecified atom stereocenters. The van der Waals surface area contributed by atoms with E-state index in [2.05, 4.69) is 25.6 Å². The molecule has 0 saturated heterocycles.